The zero-order valence-corrected chi connectivity index (χ0v) is 10.6. The molecule has 1 unspecified atom stereocenters. The lowest BCUT2D eigenvalue weighted by molar-refractivity contribution is 0.262. The number of benzene rings is 1. The first kappa shape index (κ1) is 12.4. The van der Waals surface area contributed by atoms with Gasteiger partial charge in [-0.25, -0.2) is 4.39 Å². The van der Waals surface area contributed by atoms with Crippen LogP contribution in [-0.4, -0.2) is 11.1 Å². The number of ether oxygens (including phenoxy) is 1. The van der Waals surface area contributed by atoms with Crippen molar-refractivity contribution < 1.29 is 9.13 Å². The lowest BCUT2D eigenvalue weighted by Crippen LogP contribution is -2.31. The van der Waals surface area contributed by atoms with E-state index in [1.165, 1.54) is 6.07 Å². The van der Waals surface area contributed by atoms with E-state index in [9.17, 15) is 4.39 Å². The Morgan fingerprint density at radius 1 is 1.67 bits per heavy atom. The van der Waals surface area contributed by atoms with Crippen LogP contribution in [0.15, 0.2) is 22.7 Å². The largest absolute Gasteiger partial charge is 0.483 e. The van der Waals surface area contributed by atoms with E-state index in [-0.39, 0.29) is 16.9 Å². The van der Waals surface area contributed by atoms with Gasteiger partial charge in [0.1, 0.15) is 22.7 Å². The molecule has 1 aromatic carbocycles. The minimum Gasteiger partial charge on any atom is -0.483 e. The van der Waals surface area contributed by atoms with Gasteiger partial charge in [-0.3, -0.25) is 0 Å². The van der Waals surface area contributed by atoms with Crippen molar-refractivity contribution in [2.75, 3.05) is 0 Å². The summed E-state index contributed by atoms with van der Waals surface area (Å²) in [6.07, 6.45) is 0.313. The number of hydrogen-bond donors (Lipinski definition) is 1. The summed E-state index contributed by atoms with van der Waals surface area (Å²) in [7, 11) is 0. The van der Waals surface area contributed by atoms with E-state index in [4.69, 9.17) is 22.7 Å². The number of hydrogen-bond acceptors (Lipinski definition) is 2. The Morgan fingerprint density at radius 3 is 2.80 bits per heavy atom. The van der Waals surface area contributed by atoms with Crippen LogP contribution in [0.4, 0.5) is 4.39 Å². The van der Waals surface area contributed by atoms with Gasteiger partial charge in [-0.2, -0.15) is 0 Å². The Bertz CT molecular complexity index is 372. The molecule has 1 atom stereocenters. The van der Waals surface area contributed by atoms with Crippen LogP contribution in [0.2, 0.25) is 0 Å². The molecule has 0 heterocycles. The Balaban J connectivity index is 2.80. The van der Waals surface area contributed by atoms with E-state index in [2.05, 4.69) is 15.9 Å². The van der Waals surface area contributed by atoms with Crippen molar-refractivity contribution in [1.82, 2.24) is 0 Å². The number of thiocarbonyl (C=S) groups is 1. The summed E-state index contributed by atoms with van der Waals surface area (Å²) < 4.78 is 19.0. The fourth-order valence-corrected chi connectivity index (χ4v) is 1.52. The highest BCUT2D eigenvalue weighted by molar-refractivity contribution is 9.10. The van der Waals surface area contributed by atoms with Gasteiger partial charge in [0.15, 0.2) is 0 Å². The highest BCUT2D eigenvalue weighted by Gasteiger charge is 2.11. The van der Waals surface area contributed by atoms with E-state index in [0.29, 0.717) is 16.6 Å². The molecule has 82 valence electrons. The van der Waals surface area contributed by atoms with E-state index in [0.717, 1.165) is 0 Å². The van der Waals surface area contributed by atoms with Crippen LogP contribution in [0.5, 0.6) is 5.75 Å². The monoisotopic (exact) mass is 291 g/mol. The number of nitrogens with two attached hydrogens (primary N) is 1. The van der Waals surface area contributed by atoms with Crippen molar-refractivity contribution in [1.29, 1.82) is 0 Å². The molecule has 0 aliphatic carbocycles. The summed E-state index contributed by atoms with van der Waals surface area (Å²) in [5.74, 6) is 0.0562. The highest BCUT2D eigenvalue weighted by atomic mass is 79.9. The molecule has 0 fully saturated rings. The standard InChI is InChI=1S/C10H11BrFNOS/c1-2-9(10(13)15)14-6-3-4-7(11)8(12)5-6/h3-5,9H,2H2,1H3,(H2,13,15). The fraction of sp³-hybridized carbons (Fsp3) is 0.300. The van der Waals surface area contributed by atoms with Gasteiger partial charge in [-0.15, -0.1) is 0 Å². The van der Waals surface area contributed by atoms with Gasteiger partial charge in [-0.05, 0) is 34.5 Å². The number of rotatable bonds is 4. The summed E-state index contributed by atoms with van der Waals surface area (Å²) in [5, 5.41) is 0. The zero-order valence-electron chi connectivity index (χ0n) is 8.17. The summed E-state index contributed by atoms with van der Waals surface area (Å²) in [6, 6.07) is 4.54. The Labute approximate surface area is 102 Å². The Kier molecular flexibility index (Phi) is 4.47. The molecule has 0 amide bonds. The van der Waals surface area contributed by atoms with Gasteiger partial charge < -0.3 is 10.5 Å². The highest BCUT2D eigenvalue weighted by Crippen LogP contribution is 2.22. The van der Waals surface area contributed by atoms with Crippen molar-refractivity contribution in [3.8, 4) is 5.75 Å². The van der Waals surface area contributed by atoms with Crippen LogP contribution in [0, 0.1) is 5.82 Å². The van der Waals surface area contributed by atoms with Crippen molar-refractivity contribution in [2.24, 2.45) is 5.73 Å². The Morgan fingerprint density at radius 2 is 2.33 bits per heavy atom. The molecule has 0 radical (unpaired) electrons. The summed E-state index contributed by atoms with van der Waals surface area (Å²) in [5.41, 5.74) is 5.47. The van der Waals surface area contributed by atoms with Gasteiger partial charge in [0.25, 0.3) is 0 Å². The minimum absolute atomic E-state index is 0.279. The second-order valence-corrected chi connectivity index (χ2v) is 4.32. The van der Waals surface area contributed by atoms with Crippen LogP contribution in [0.3, 0.4) is 0 Å². The van der Waals surface area contributed by atoms with E-state index < -0.39 is 0 Å². The van der Waals surface area contributed by atoms with Crippen molar-refractivity contribution in [3.05, 3.63) is 28.5 Å². The molecular formula is C10H11BrFNOS. The van der Waals surface area contributed by atoms with Crippen LogP contribution >= 0.6 is 28.1 Å². The molecule has 2 N–H and O–H groups in total. The van der Waals surface area contributed by atoms with E-state index in [1.807, 2.05) is 6.92 Å². The smallest absolute Gasteiger partial charge is 0.148 e. The Hall–Kier alpha value is -0.680. The lowest BCUT2D eigenvalue weighted by Gasteiger charge is -2.16. The van der Waals surface area contributed by atoms with Gasteiger partial charge >= 0.3 is 0 Å². The summed E-state index contributed by atoms with van der Waals surface area (Å²) in [6.45, 7) is 1.90. The molecule has 2 nitrogen and oxygen atoms in total. The minimum atomic E-state index is -0.370. The fourth-order valence-electron chi connectivity index (χ4n) is 1.06. The first-order chi connectivity index (χ1) is 7.04. The third-order valence-electron chi connectivity index (χ3n) is 1.86. The van der Waals surface area contributed by atoms with Crippen LogP contribution < -0.4 is 10.5 Å². The molecule has 5 heteroatoms. The van der Waals surface area contributed by atoms with Crippen molar-refractivity contribution >= 4 is 33.1 Å². The van der Waals surface area contributed by atoms with Gasteiger partial charge in [-0.1, -0.05) is 19.1 Å². The number of halogens is 2. The van der Waals surface area contributed by atoms with Crippen LogP contribution in [0.1, 0.15) is 13.3 Å². The maximum absolute atomic E-state index is 13.1. The first-order valence-corrected chi connectivity index (χ1v) is 5.65. The zero-order chi connectivity index (χ0) is 11.4. The van der Waals surface area contributed by atoms with Crippen LogP contribution in [-0.2, 0) is 0 Å². The second-order valence-electron chi connectivity index (χ2n) is 2.99. The van der Waals surface area contributed by atoms with Gasteiger partial charge in [0.2, 0.25) is 0 Å². The predicted molar refractivity (Wildman–Crippen MR) is 65.6 cm³/mol. The summed E-state index contributed by atoms with van der Waals surface area (Å²) in [4.78, 5) is 0.279. The van der Waals surface area contributed by atoms with Gasteiger partial charge in [0.05, 0.1) is 4.47 Å². The van der Waals surface area contributed by atoms with Crippen molar-refractivity contribution in [2.45, 2.75) is 19.4 Å². The molecule has 0 aromatic heterocycles. The third kappa shape index (κ3) is 3.43. The topological polar surface area (TPSA) is 35.2 Å². The molecule has 0 saturated carbocycles. The first-order valence-electron chi connectivity index (χ1n) is 4.45. The lowest BCUT2D eigenvalue weighted by atomic mass is 10.2. The maximum atomic E-state index is 13.1. The average Bonchev–Trinajstić information content (AvgIpc) is 2.19. The third-order valence-corrected chi connectivity index (χ3v) is 2.76. The van der Waals surface area contributed by atoms with Crippen LogP contribution in [0.25, 0.3) is 0 Å². The molecule has 0 bridgehead atoms. The normalized spacial score (nSPS) is 12.2. The molecule has 0 saturated heterocycles. The molecule has 0 aliphatic rings. The quantitative estimate of drug-likeness (QED) is 0.866. The maximum Gasteiger partial charge on any atom is 0.148 e. The average molecular weight is 292 g/mol. The summed E-state index contributed by atoms with van der Waals surface area (Å²) >= 11 is 7.88. The predicted octanol–water partition coefficient (Wildman–Crippen LogP) is 3.03. The molecule has 1 aromatic rings. The molecule has 15 heavy (non-hydrogen) atoms. The van der Waals surface area contributed by atoms with E-state index >= 15 is 0 Å². The van der Waals surface area contributed by atoms with Gasteiger partial charge in [0, 0.05) is 6.07 Å². The SMILES string of the molecule is CCC(Oc1ccc(Br)c(F)c1)C(N)=S. The molecule has 0 spiro atoms. The second kappa shape index (κ2) is 5.42. The molecule has 1 rings (SSSR count). The van der Waals surface area contributed by atoms with Crippen molar-refractivity contribution in [3.63, 3.8) is 0 Å². The van der Waals surface area contributed by atoms with E-state index in [1.54, 1.807) is 12.1 Å². The molecule has 0 aliphatic heterocycles. The molecular weight excluding hydrogens is 281 g/mol.